The number of hydrogen-bond donors (Lipinski definition) is 1. The van der Waals surface area contributed by atoms with Gasteiger partial charge in [0.25, 0.3) is 0 Å². The molecule has 0 saturated heterocycles. The van der Waals surface area contributed by atoms with Crippen molar-refractivity contribution in [2.75, 3.05) is 11.9 Å². The summed E-state index contributed by atoms with van der Waals surface area (Å²) in [6, 6.07) is 6.01. The number of aryl methyl sites for hydroxylation is 1. The lowest BCUT2D eigenvalue weighted by Crippen LogP contribution is -2.22. The van der Waals surface area contributed by atoms with E-state index in [0.717, 1.165) is 48.5 Å². The summed E-state index contributed by atoms with van der Waals surface area (Å²) >= 11 is 0. The molecule has 1 aromatic carbocycles. The predicted molar refractivity (Wildman–Crippen MR) is 75.1 cm³/mol. The number of fused-ring (bicyclic) bond motifs is 1. The minimum atomic E-state index is 0.254. The van der Waals surface area contributed by atoms with Crippen molar-refractivity contribution < 1.29 is 9.15 Å². The summed E-state index contributed by atoms with van der Waals surface area (Å²) in [5.74, 6) is 0.785. The van der Waals surface area contributed by atoms with Gasteiger partial charge in [0.15, 0.2) is 11.5 Å². The highest BCUT2D eigenvalue weighted by molar-refractivity contribution is 5.77. The molecule has 1 N–H and O–H groups in total. The number of benzene rings is 1. The number of anilines is 1. The Morgan fingerprint density at radius 3 is 3.16 bits per heavy atom. The molecule has 0 spiro atoms. The summed E-state index contributed by atoms with van der Waals surface area (Å²) < 4.78 is 11.1. The van der Waals surface area contributed by atoms with E-state index >= 15 is 0 Å². The fourth-order valence-electron chi connectivity index (χ4n) is 2.20. The molecule has 1 aliphatic rings. The molecule has 1 aromatic heterocycles. The van der Waals surface area contributed by atoms with Crippen LogP contribution in [0.5, 0.6) is 0 Å². The molecule has 0 saturated carbocycles. The van der Waals surface area contributed by atoms with Crippen molar-refractivity contribution in [1.82, 2.24) is 4.98 Å². The Morgan fingerprint density at radius 2 is 2.37 bits per heavy atom. The summed E-state index contributed by atoms with van der Waals surface area (Å²) in [6.45, 7) is 2.85. The Morgan fingerprint density at radius 1 is 1.42 bits per heavy atom. The first-order valence-electron chi connectivity index (χ1n) is 6.79. The normalized spacial score (nSPS) is 18.5. The zero-order valence-corrected chi connectivity index (χ0v) is 11.1. The maximum absolute atomic E-state index is 5.59. The zero-order chi connectivity index (χ0) is 13.1. The van der Waals surface area contributed by atoms with Crippen LogP contribution in [0.4, 0.5) is 5.69 Å². The van der Waals surface area contributed by atoms with Crippen molar-refractivity contribution in [2.45, 2.75) is 32.3 Å². The zero-order valence-electron chi connectivity index (χ0n) is 11.1. The van der Waals surface area contributed by atoms with E-state index in [-0.39, 0.29) is 6.10 Å². The van der Waals surface area contributed by atoms with Crippen molar-refractivity contribution in [3.8, 4) is 0 Å². The van der Waals surface area contributed by atoms with Gasteiger partial charge in [0.1, 0.15) is 11.6 Å². The molecule has 4 nitrogen and oxygen atoms in total. The lowest BCUT2D eigenvalue weighted by Gasteiger charge is -2.20. The number of nitrogens with zero attached hydrogens (tertiary/aromatic N) is 1. The van der Waals surface area contributed by atoms with Gasteiger partial charge in [-0.3, -0.25) is 0 Å². The van der Waals surface area contributed by atoms with Crippen molar-refractivity contribution in [3.05, 3.63) is 36.4 Å². The number of aromatic nitrogens is 1. The van der Waals surface area contributed by atoms with E-state index in [0.29, 0.717) is 0 Å². The van der Waals surface area contributed by atoms with Gasteiger partial charge in [-0.25, -0.2) is 4.98 Å². The summed E-state index contributed by atoms with van der Waals surface area (Å²) in [5, 5.41) is 3.39. The smallest absolute Gasteiger partial charge is 0.195 e. The Hall–Kier alpha value is -1.97. The molecule has 0 bridgehead atoms. The van der Waals surface area contributed by atoms with E-state index in [2.05, 4.69) is 16.4 Å². The molecule has 19 heavy (non-hydrogen) atoms. The van der Waals surface area contributed by atoms with Gasteiger partial charge in [-0.15, -0.1) is 0 Å². The van der Waals surface area contributed by atoms with Crippen LogP contribution in [-0.2, 0) is 11.2 Å². The largest absolute Gasteiger partial charge is 0.497 e. The quantitative estimate of drug-likeness (QED) is 0.911. The van der Waals surface area contributed by atoms with Gasteiger partial charge in [0.05, 0.1) is 12.8 Å². The number of allylic oxidation sites excluding steroid dienone is 1. The Labute approximate surface area is 112 Å². The summed E-state index contributed by atoms with van der Waals surface area (Å²) in [5.41, 5.74) is 2.81. The van der Waals surface area contributed by atoms with Crippen molar-refractivity contribution >= 4 is 16.8 Å². The molecule has 2 heterocycles. The van der Waals surface area contributed by atoms with Crippen LogP contribution in [0.1, 0.15) is 25.7 Å². The Bertz CT molecular complexity index is 589. The Kier molecular flexibility index (Phi) is 3.40. The monoisotopic (exact) mass is 258 g/mol. The molecule has 1 unspecified atom stereocenters. The van der Waals surface area contributed by atoms with Crippen LogP contribution in [0.25, 0.3) is 11.1 Å². The fraction of sp³-hybridized carbons (Fsp3) is 0.400. The van der Waals surface area contributed by atoms with E-state index < -0.39 is 0 Å². The van der Waals surface area contributed by atoms with Crippen LogP contribution in [0.15, 0.2) is 35.0 Å². The third-order valence-electron chi connectivity index (χ3n) is 3.29. The second-order valence-electron chi connectivity index (χ2n) is 4.73. The minimum absolute atomic E-state index is 0.254. The van der Waals surface area contributed by atoms with Crippen LogP contribution in [0.3, 0.4) is 0 Å². The van der Waals surface area contributed by atoms with Gasteiger partial charge in [-0.05, 0) is 37.1 Å². The van der Waals surface area contributed by atoms with Crippen molar-refractivity contribution in [1.29, 1.82) is 0 Å². The third kappa shape index (κ3) is 2.72. The van der Waals surface area contributed by atoms with E-state index in [4.69, 9.17) is 9.15 Å². The van der Waals surface area contributed by atoms with Gasteiger partial charge >= 0.3 is 0 Å². The van der Waals surface area contributed by atoms with E-state index in [1.807, 2.05) is 25.1 Å². The molecule has 3 rings (SSSR count). The molecule has 0 radical (unpaired) electrons. The first kappa shape index (κ1) is 12.1. The molecule has 100 valence electrons. The van der Waals surface area contributed by atoms with E-state index in [9.17, 15) is 0 Å². The van der Waals surface area contributed by atoms with Crippen LogP contribution < -0.4 is 5.32 Å². The number of ether oxygens (including phenoxy) is 1. The molecule has 1 aliphatic heterocycles. The fourth-order valence-corrected chi connectivity index (χ4v) is 2.20. The van der Waals surface area contributed by atoms with Crippen LogP contribution >= 0.6 is 0 Å². The Balaban J connectivity index is 1.68. The molecule has 0 fully saturated rings. The van der Waals surface area contributed by atoms with Crippen LogP contribution in [0, 0.1) is 0 Å². The molecular weight excluding hydrogens is 240 g/mol. The number of hydrogen-bond acceptors (Lipinski definition) is 4. The second-order valence-corrected chi connectivity index (χ2v) is 4.73. The average molecular weight is 258 g/mol. The van der Waals surface area contributed by atoms with Gasteiger partial charge in [-0.1, -0.05) is 6.92 Å². The highest BCUT2D eigenvalue weighted by Gasteiger charge is 2.11. The lowest BCUT2D eigenvalue weighted by atomic mass is 10.1. The number of rotatable bonds is 4. The maximum Gasteiger partial charge on any atom is 0.195 e. The highest BCUT2D eigenvalue weighted by Crippen LogP contribution is 2.21. The van der Waals surface area contributed by atoms with Crippen LogP contribution in [-0.4, -0.2) is 17.6 Å². The number of oxazole rings is 1. The van der Waals surface area contributed by atoms with E-state index in [1.165, 1.54) is 0 Å². The van der Waals surface area contributed by atoms with E-state index in [1.54, 1.807) is 6.26 Å². The van der Waals surface area contributed by atoms with Gasteiger partial charge in [0, 0.05) is 12.1 Å². The molecule has 0 amide bonds. The van der Waals surface area contributed by atoms with Gasteiger partial charge in [-0.2, -0.15) is 0 Å². The molecule has 4 heteroatoms. The SMILES string of the molecule is CCc1nc2cc(NCC3CCC=CO3)ccc2o1. The van der Waals surface area contributed by atoms with Gasteiger partial charge < -0.3 is 14.5 Å². The first-order valence-corrected chi connectivity index (χ1v) is 6.79. The topological polar surface area (TPSA) is 47.3 Å². The van der Waals surface area contributed by atoms with Crippen LogP contribution in [0.2, 0.25) is 0 Å². The second kappa shape index (κ2) is 5.34. The molecule has 2 aromatic rings. The average Bonchev–Trinajstić information content (AvgIpc) is 2.88. The maximum atomic E-state index is 5.59. The molecule has 1 atom stereocenters. The van der Waals surface area contributed by atoms with Crippen molar-refractivity contribution in [3.63, 3.8) is 0 Å². The minimum Gasteiger partial charge on any atom is -0.497 e. The summed E-state index contributed by atoms with van der Waals surface area (Å²) in [6.07, 6.45) is 7.09. The third-order valence-corrected chi connectivity index (χ3v) is 3.29. The first-order chi connectivity index (χ1) is 9.35. The van der Waals surface area contributed by atoms with Gasteiger partial charge in [0.2, 0.25) is 0 Å². The molecule has 0 aliphatic carbocycles. The molecular formula is C15H18N2O2. The van der Waals surface area contributed by atoms with Crippen molar-refractivity contribution in [2.24, 2.45) is 0 Å². The number of nitrogens with one attached hydrogen (secondary N) is 1. The highest BCUT2D eigenvalue weighted by atomic mass is 16.5. The predicted octanol–water partition coefficient (Wildman–Crippen LogP) is 3.49. The summed E-state index contributed by atoms with van der Waals surface area (Å²) in [7, 11) is 0. The summed E-state index contributed by atoms with van der Waals surface area (Å²) in [4.78, 5) is 4.44. The lowest BCUT2D eigenvalue weighted by molar-refractivity contribution is 0.135. The standard InChI is InChI=1S/C15H18N2O2/c1-2-15-17-13-9-11(6-7-14(13)19-15)16-10-12-5-3-4-8-18-12/h4,6-9,12,16H,2-3,5,10H2,1H3.